The summed E-state index contributed by atoms with van der Waals surface area (Å²) in [5.41, 5.74) is -0.431. The van der Waals surface area contributed by atoms with Crippen molar-refractivity contribution >= 4 is 5.97 Å². The molecule has 0 heterocycles. The highest BCUT2D eigenvalue weighted by atomic mass is 16.6. The van der Waals surface area contributed by atoms with Crippen LogP contribution in [0.2, 0.25) is 0 Å². The average molecular weight is 167 g/mol. The number of rotatable bonds is 1. The van der Waals surface area contributed by atoms with E-state index in [-0.39, 0.29) is 17.8 Å². The maximum atomic E-state index is 11.2. The summed E-state index contributed by atoms with van der Waals surface area (Å²) in [4.78, 5) is 11.2. The Morgan fingerprint density at radius 3 is 2.50 bits per heavy atom. The number of carbonyl (C=O) groups is 1. The van der Waals surface area contributed by atoms with E-state index in [9.17, 15) is 4.79 Å². The Hall–Kier alpha value is -1.04. The minimum absolute atomic E-state index is 0.0974. The van der Waals surface area contributed by atoms with Gasteiger partial charge in [-0.15, -0.1) is 0 Å². The first-order valence-electron chi connectivity index (χ1n) is 4.06. The average Bonchev–Trinajstić information content (AvgIpc) is 2.60. The van der Waals surface area contributed by atoms with Crippen LogP contribution in [0.3, 0.4) is 0 Å². The van der Waals surface area contributed by atoms with Crippen LogP contribution in [-0.4, -0.2) is 11.6 Å². The van der Waals surface area contributed by atoms with Gasteiger partial charge in [0.25, 0.3) is 0 Å². The van der Waals surface area contributed by atoms with Crippen LogP contribution >= 0.6 is 0 Å². The monoisotopic (exact) mass is 167 g/mol. The number of nitriles is 1. The molecule has 1 rings (SSSR count). The van der Waals surface area contributed by atoms with Crippen LogP contribution in [0.25, 0.3) is 0 Å². The molecule has 0 aromatic rings. The number of esters is 1. The molecule has 12 heavy (non-hydrogen) atoms. The Kier molecular flexibility index (Phi) is 2.10. The van der Waals surface area contributed by atoms with Gasteiger partial charge in [0.15, 0.2) is 0 Å². The summed E-state index contributed by atoms with van der Waals surface area (Å²) < 4.78 is 5.10. The summed E-state index contributed by atoms with van der Waals surface area (Å²) in [5.74, 6) is -0.483. The molecule has 2 unspecified atom stereocenters. The third-order valence-electron chi connectivity index (χ3n) is 1.67. The van der Waals surface area contributed by atoms with Crippen LogP contribution in [-0.2, 0) is 9.53 Å². The van der Waals surface area contributed by atoms with Gasteiger partial charge in [0, 0.05) is 0 Å². The quantitative estimate of drug-likeness (QED) is 0.556. The zero-order chi connectivity index (χ0) is 9.35. The Morgan fingerprint density at radius 1 is 1.58 bits per heavy atom. The molecular weight excluding hydrogens is 154 g/mol. The number of hydrogen-bond acceptors (Lipinski definition) is 3. The van der Waals surface area contributed by atoms with Crippen molar-refractivity contribution in [2.75, 3.05) is 0 Å². The number of ether oxygens (including phenoxy) is 1. The van der Waals surface area contributed by atoms with Crippen molar-refractivity contribution in [1.29, 1.82) is 5.26 Å². The maximum Gasteiger partial charge on any atom is 0.310 e. The zero-order valence-corrected chi connectivity index (χ0v) is 7.63. The van der Waals surface area contributed by atoms with Crippen molar-refractivity contribution in [3.63, 3.8) is 0 Å². The van der Waals surface area contributed by atoms with Gasteiger partial charge in [0.1, 0.15) is 5.60 Å². The SMILES string of the molecule is CC(C)(C)OC(=O)C1CC1C#N. The predicted molar refractivity (Wildman–Crippen MR) is 43.1 cm³/mol. The van der Waals surface area contributed by atoms with Crippen LogP contribution in [0.1, 0.15) is 27.2 Å². The first-order chi connectivity index (χ1) is 5.44. The van der Waals surface area contributed by atoms with Gasteiger partial charge < -0.3 is 4.74 Å². The van der Waals surface area contributed by atoms with Crippen molar-refractivity contribution in [3.05, 3.63) is 0 Å². The molecule has 1 aliphatic carbocycles. The Bertz CT molecular complexity index is 234. The highest BCUT2D eigenvalue weighted by Crippen LogP contribution is 2.39. The molecule has 0 aliphatic heterocycles. The molecule has 0 radical (unpaired) electrons. The molecule has 0 N–H and O–H groups in total. The summed E-state index contributed by atoms with van der Waals surface area (Å²) in [6.45, 7) is 5.48. The molecule has 1 fully saturated rings. The fraction of sp³-hybridized carbons (Fsp3) is 0.778. The second kappa shape index (κ2) is 2.78. The molecule has 3 nitrogen and oxygen atoms in total. The Morgan fingerprint density at radius 2 is 2.17 bits per heavy atom. The molecule has 66 valence electrons. The molecule has 0 aromatic carbocycles. The van der Waals surface area contributed by atoms with E-state index in [1.54, 1.807) is 0 Å². The van der Waals surface area contributed by atoms with Crippen molar-refractivity contribution in [2.45, 2.75) is 32.8 Å². The van der Waals surface area contributed by atoms with Gasteiger partial charge in [-0.2, -0.15) is 5.26 Å². The summed E-state index contributed by atoms with van der Waals surface area (Å²) in [5, 5.41) is 8.47. The third-order valence-corrected chi connectivity index (χ3v) is 1.67. The lowest BCUT2D eigenvalue weighted by atomic mass is 10.2. The van der Waals surface area contributed by atoms with E-state index in [1.807, 2.05) is 20.8 Å². The molecule has 1 aliphatic rings. The normalized spacial score (nSPS) is 27.5. The first kappa shape index (κ1) is 9.05. The van der Waals surface area contributed by atoms with Gasteiger partial charge in [-0.05, 0) is 27.2 Å². The maximum absolute atomic E-state index is 11.2. The fourth-order valence-electron chi connectivity index (χ4n) is 0.976. The van der Waals surface area contributed by atoms with Gasteiger partial charge in [-0.25, -0.2) is 0 Å². The molecule has 0 saturated heterocycles. The smallest absolute Gasteiger partial charge is 0.310 e. The minimum atomic E-state index is -0.431. The molecule has 0 amide bonds. The van der Waals surface area contributed by atoms with Crippen LogP contribution in [0.15, 0.2) is 0 Å². The van der Waals surface area contributed by atoms with E-state index >= 15 is 0 Å². The lowest BCUT2D eigenvalue weighted by Crippen LogP contribution is -2.25. The van der Waals surface area contributed by atoms with E-state index in [0.29, 0.717) is 6.42 Å². The summed E-state index contributed by atoms with van der Waals surface area (Å²) >= 11 is 0. The standard InChI is InChI=1S/C9H13NO2/c1-9(2,3)12-8(11)7-4-6(7)5-10/h6-7H,4H2,1-3H3. The largest absolute Gasteiger partial charge is 0.460 e. The lowest BCUT2D eigenvalue weighted by molar-refractivity contribution is -0.156. The van der Waals surface area contributed by atoms with E-state index in [2.05, 4.69) is 6.07 Å². The van der Waals surface area contributed by atoms with Gasteiger partial charge in [-0.3, -0.25) is 4.79 Å². The van der Waals surface area contributed by atoms with Gasteiger partial charge in [0.05, 0.1) is 17.9 Å². The van der Waals surface area contributed by atoms with Crippen LogP contribution in [0, 0.1) is 23.2 Å². The van der Waals surface area contributed by atoms with Crippen molar-refractivity contribution in [3.8, 4) is 6.07 Å². The number of carbonyl (C=O) groups excluding carboxylic acids is 1. The van der Waals surface area contributed by atoms with Crippen molar-refractivity contribution < 1.29 is 9.53 Å². The molecule has 2 atom stereocenters. The van der Waals surface area contributed by atoms with Crippen LogP contribution < -0.4 is 0 Å². The molecular formula is C9H13NO2. The second-order valence-electron chi connectivity index (χ2n) is 4.11. The summed E-state index contributed by atoms with van der Waals surface area (Å²) in [6, 6.07) is 2.05. The summed E-state index contributed by atoms with van der Waals surface area (Å²) in [7, 11) is 0. The van der Waals surface area contributed by atoms with E-state index in [0.717, 1.165) is 0 Å². The first-order valence-corrected chi connectivity index (χ1v) is 4.06. The highest BCUT2D eigenvalue weighted by molar-refractivity contribution is 5.76. The molecule has 1 saturated carbocycles. The summed E-state index contributed by atoms with van der Waals surface area (Å²) in [6.07, 6.45) is 0.672. The molecule has 0 spiro atoms. The Balaban J connectivity index is 2.38. The topological polar surface area (TPSA) is 50.1 Å². The lowest BCUT2D eigenvalue weighted by Gasteiger charge is -2.19. The van der Waals surface area contributed by atoms with Crippen molar-refractivity contribution in [1.82, 2.24) is 0 Å². The zero-order valence-electron chi connectivity index (χ0n) is 7.63. The van der Waals surface area contributed by atoms with Crippen molar-refractivity contribution in [2.24, 2.45) is 11.8 Å². The van der Waals surface area contributed by atoms with E-state index in [4.69, 9.17) is 10.00 Å². The Labute approximate surface area is 72.3 Å². The minimum Gasteiger partial charge on any atom is -0.460 e. The van der Waals surface area contributed by atoms with Gasteiger partial charge in [-0.1, -0.05) is 0 Å². The predicted octanol–water partition coefficient (Wildman–Crippen LogP) is 1.49. The van der Waals surface area contributed by atoms with E-state index < -0.39 is 5.60 Å². The highest BCUT2D eigenvalue weighted by Gasteiger charge is 2.45. The van der Waals surface area contributed by atoms with E-state index in [1.165, 1.54) is 0 Å². The van der Waals surface area contributed by atoms with Gasteiger partial charge in [0.2, 0.25) is 0 Å². The third kappa shape index (κ3) is 2.23. The van der Waals surface area contributed by atoms with Crippen LogP contribution in [0.4, 0.5) is 0 Å². The molecule has 0 aromatic heterocycles. The number of nitrogens with zero attached hydrogens (tertiary/aromatic N) is 1. The van der Waals surface area contributed by atoms with Crippen LogP contribution in [0.5, 0.6) is 0 Å². The number of hydrogen-bond donors (Lipinski definition) is 0. The molecule has 3 heteroatoms. The molecule has 0 bridgehead atoms. The second-order valence-corrected chi connectivity index (χ2v) is 4.11. The van der Waals surface area contributed by atoms with Gasteiger partial charge >= 0.3 is 5.97 Å². The fourth-order valence-corrected chi connectivity index (χ4v) is 0.976.